The molecule has 0 radical (unpaired) electrons. The lowest BCUT2D eigenvalue weighted by atomic mass is 9.81. The van der Waals surface area contributed by atoms with E-state index in [4.69, 9.17) is 9.47 Å². The van der Waals surface area contributed by atoms with Gasteiger partial charge in [0.05, 0.1) is 37.2 Å². The summed E-state index contributed by atoms with van der Waals surface area (Å²) < 4.78 is 11.2. The first-order valence-corrected chi connectivity index (χ1v) is 10.2. The lowest BCUT2D eigenvalue weighted by Gasteiger charge is -2.37. The third-order valence-electron chi connectivity index (χ3n) is 6.73. The monoisotopic (exact) mass is 399 g/mol. The maximum Gasteiger partial charge on any atom is 0.243 e. The van der Waals surface area contributed by atoms with Crippen molar-refractivity contribution >= 4 is 17.7 Å². The Morgan fingerprint density at radius 3 is 2.55 bits per heavy atom. The Balaban J connectivity index is 1.36. The van der Waals surface area contributed by atoms with E-state index in [1.807, 2.05) is 24.3 Å². The fourth-order valence-electron chi connectivity index (χ4n) is 5.38. The summed E-state index contributed by atoms with van der Waals surface area (Å²) in [7, 11) is 1.61. The molecule has 4 saturated heterocycles. The topological polar surface area (TPSA) is 88.2 Å². The van der Waals surface area contributed by atoms with Gasteiger partial charge < -0.3 is 19.7 Å². The number of hydrogen-bond acceptors (Lipinski definition) is 6. The third-order valence-corrected chi connectivity index (χ3v) is 6.73. The second kappa shape index (κ2) is 7.11. The number of carbonyl (C=O) groups excluding carboxylic acids is 3. The van der Waals surface area contributed by atoms with Crippen LogP contribution in [0, 0.1) is 11.8 Å². The average molecular weight is 399 g/mol. The van der Waals surface area contributed by atoms with Gasteiger partial charge in [-0.15, -0.1) is 0 Å². The summed E-state index contributed by atoms with van der Waals surface area (Å²) in [6.45, 7) is 1.58. The standard InChI is InChI=1S/C21H25N3O5/c1-28-14-5-3-2-4-12(14)13-10-22-8-9-23(13)17(25)11-24-20(26)18-15-6-7-16(29-15)19(18)21(24)27/h2-5,13,15-16,18-19,22H,6-11H2,1H3. The van der Waals surface area contributed by atoms with Crippen LogP contribution >= 0.6 is 0 Å². The molecule has 4 heterocycles. The number of para-hydroxylation sites is 1. The third kappa shape index (κ3) is 2.85. The number of nitrogens with zero attached hydrogens (tertiary/aromatic N) is 2. The highest BCUT2D eigenvalue weighted by atomic mass is 16.5. The number of likely N-dealkylation sites (tertiary alicyclic amines) is 1. The number of benzene rings is 1. The summed E-state index contributed by atoms with van der Waals surface area (Å²) in [5.74, 6) is -0.786. The highest BCUT2D eigenvalue weighted by Gasteiger charge is 2.62. The van der Waals surface area contributed by atoms with Gasteiger partial charge in [-0.3, -0.25) is 19.3 Å². The van der Waals surface area contributed by atoms with Gasteiger partial charge >= 0.3 is 0 Å². The zero-order chi connectivity index (χ0) is 20.1. The van der Waals surface area contributed by atoms with Crippen LogP contribution < -0.4 is 10.1 Å². The van der Waals surface area contributed by atoms with Crippen molar-refractivity contribution in [3.8, 4) is 5.75 Å². The van der Waals surface area contributed by atoms with E-state index < -0.39 is 11.8 Å². The zero-order valence-corrected chi connectivity index (χ0v) is 16.4. The van der Waals surface area contributed by atoms with Crippen LogP contribution in [0.4, 0.5) is 0 Å². The molecule has 0 saturated carbocycles. The predicted octanol–water partition coefficient (Wildman–Crippen LogP) is 0.331. The molecule has 4 aliphatic rings. The number of ether oxygens (including phenoxy) is 2. The Kier molecular flexibility index (Phi) is 4.55. The van der Waals surface area contributed by atoms with Gasteiger partial charge in [0.1, 0.15) is 12.3 Å². The molecule has 0 aliphatic carbocycles. The quantitative estimate of drug-likeness (QED) is 0.735. The lowest BCUT2D eigenvalue weighted by molar-refractivity contribution is -0.149. The molecule has 5 rings (SSSR count). The number of imide groups is 1. The van der Waals surface area contributed by atoms with E-state index in [9.17, 15) is 14.4 Å². The first-order chi connectivity index (χ1) is 14.1. The van der Waals surface area contributed by atoms with Crippen LogP contribution in [0.15, 0.2) is 24.3 Å². The van der Waals surface area contributed by atoms with Crippen molar-refractivity contribution in [1.82, 2.24) is 15.1 Å². The number of hydrogen-bond donors (Lipinski definition) is 1. The summed E-state index contributed by atoms with van der Waals surface area (Å²) in [6.07, 6.45) is 1.31. The van der Waals surface area contributed by atoms with Crippen molar-refractivity contribution < 1.29 is 23.9 Å². The average Bonchev–Trinajstić information content (AvgIpc) is 3.44. The summed E-state index contributed by atoms with van der Waals surface area (Å²) >= 11 is 0. The van der Waals surface area contributed by atoms with Gasteiger partial charge in [-0.1, -0.05) is 18.2 Å². The van der Waals surface area contributed by atoms with Crippen LogP contribution in [0.1, 0.15) is 24.4 Å². The highest BCUT2D eigenvalue weighted by molar-refractivity contribution is 6.08. The number of carbonyl (C=O) groups is 3. The molecule has 2 bridgehead atoms. The van der Waals surface area contributed by atoms with Crippen LogP contribution in [-0.4, -0.2) is 73.0 Å². The summed E-state index contributed by atoms with van der Waals surface area (Å²) in [4.78, 5) is 41.9. The van der Waals surface area contributed by atoms with E-state index in [2.05, 4.69) is 5.32 Å². The molecule has 5 atom stereocenters. The molecule has 5 unspecified atom stereocenters. The second-order valence-electron chi connectivity index (χ2n) is 8.15. The largest absolute Gasteiger partial charge is 0.496 e. The van der Waals surface area contributed by atoms with Gasteiger partial charge in [-0.05, 0) is 18.9 Å². The van der Waals surface area contributed by atoms with Gasteiger partial charge in [0.2, 0.25) is 17.7 Å². The van der Waals surface area contributed by atoms with Gasteiger partial charge in [0.15, 0.2) is 0 Å². The smallest absolute Gasteiger partial charge is 0.243 e. The van der Waals surface area contributed by atoms with Crippen LogP contribution in [0.3, 0.4) is 0 Å². The molecule has 1 aromatic carbocycles. The minimum atomic E-state index is -0.401. The molecule has 4 fully saturated rings. The van der Waals surface area contributed by atoms with Crippen molar-refractivity contribution in [3.05, 3.63) is 29.8 Å². The summed E-state index contributed by atoms with van der Waals surface area (Å²) in [6, 6.07) is 7.42. The number of amides is 3. The van der Waals surface area contributed by atoms with Crippen LogP contribution in [-0.2, 0) is 19.1 Å². The number of piperazine rings is 1. The molecule has 4 aliphatic heterocycles. The van der Waals surface area contributed by atoms with Gasteiger partial charge in [-0.2, -0.15) is 0 Å². The highest BCUT2D eigenvalue weighted by Crippen LogP contribution is 2.48. The number of nitrogens with one attached hydrogen (secondary N) is 1. The molecule has 1 aromatic rings. The lowest BCUT2D eigenvalue weighted by Crippen LogP contribution is -2.52. The van der Waals surface area contributed by atoms with Crippen molar-refractivity contribution in [2.24, 2.45) is 11.8 Å². The maximum atomic E-state index is 13.2. The number of fused-ring (bicyclic) bond motifs is 5. The molecule has 8 heteroatoms. The molecule has 1 N–H and O–H groups in total. The Labute approximate surface area is 169 Å². The predicted molar refractivity (Wildman–Crippen MR) is 102 cm³/mol. The maximum absolute atomic E-state index is 13.2. The van der Waals surface area contributed by atoms with E-state index in [1.54, 1.807) is 12.0 Å². The summed E-state index contributed by atoms with van der Waals surface area (Å²) in [5, 5.41) is 3.32. The van der Waals surface area contributed by atoms with Crippen molar-refractivity contribution in [2.75, 3.05) is 33.3 Å². The first kappa shape index (κ1) is 18.6. The SMILES string of the molecule is COc1ccccc1C1CNCCN1C(=O)CN1C(=O)C2C3CCC(O3)C2C1=O. The molecule has 154 valence electrons. The van der Waals surface area contributed by atoms with Gasteiger partial charge in [0, 0.05) is 25.2 Å². The fraction of sp³-hybridized carbons (Fsp3) is 0.571. The molecule has 0 aromatic heterocycles. The fourth-order valence-corrected chi connectivity index (χ4v) is 5.38. The molecule has 29 heavy (non-hydrogen) atoms. The molecule has 0 spiro atoms. The molecular formula is C21H25N3O5. The minimum Gasteiger partial charge on any atom is -0.496 e. The Bertz CT molecular complexity index is 830. The normalized spacial score (nSPS) is 33.3. The van der Waals surface area contributed by atoms with Crippen molar-refractivity contribution in [1.29, 1.82) is 0 Å². The molecule has 3 amide bonds. The van der Waals surface area contributed by atoms with E-state index in [-0.39, 0.29) is 42.5 Å². The summed E-state index contributed by atoms with van der Waals surface area (Å²) in [5.41, 5.74) is 0.915. The minimum absolute atomic E-state index is 0.165. The zero-order valence-electron chi connectivity index (χ0n) is 16.4. The van der Waals surface area contributed by atoms with Crippen LogP contribution in [0.5, 0.6) is 5.75 Å². The first-order valence-electron chi connectivity index (χ1n) is 10.2. The van der Waals surface area contributed by atoms with Crippen molar-refractivity contribution in [2.45, 2.75) is 31.1 Å². The van der Waals surface area contributed by atoms with Crippen LogP contribution in [0.2, 0.25) is 0 Å². The Hall–Kier alpha value is -2.45. The Morgan fingerprint density at radius 1 is 1.17 bits per heavy atom. The van der Waals surface area contributed by atoms with Gasteiger partial charge in [0.25, 0.3) is 0 Å². The second-order valence-corrected chi connectivity index (χ2v) is 8.15. The van der Waals surface area contributed by atoms with Gasteiger partial charge in [-0.25, -0.2) is 0 Å². The van der Waals surface area contributed by atoms with E-state index >= 15 is 0 Å². The Morgan fingerprint density at radius 2 is 1.86 bits per heavy atom. The van der Waals surface area contributed by atoms with E-state index in [0.717, 1.165) is 24.2 Å². The van der Waals surface area contributed by atoms with E-state index in [1.165, 1.54) is 4.90 Å². The van der Waals surface area contributed by atoms with E-state index in [0.29, 0.717) is 19.6 Å². The van der Waals surface area contributed by atoms with Crippen LogP contribution in [0.25, 0.3) is 0 Å². The number of methoxy groups -OCH3 is 1. The molecular weight excluding hydrogens is 374 g/mol. The van der Waals surface area contributed by atoms with Crippen molar-refractivity contribution in [3.63, 3.8) is 0 Å². The molecule has 8 nitrogen and oxygen atoms in total. The number of rotatable bonds is 4.